The molecule has 90 valence electrons. The number of hydrogen-bond donors (Lipinski definition) is 0. The van der Waals surface area contributed by atoms with Crippen molar-refractivity contribution in [1.29, 1.82) is 0 Å². The fourth-order valence-electron chi connectivity index (χ4n) is 1.58. The Hall–Kier alpha value is -0.390. The van der Waals surface area contributed by atoms with Crippen LogP contribution >= 0.6 is 43.5 Å². The highest BCUT2D eigenvalue weighted by atomic mass is 79.9. The third-order valence-electron chi connectivity index (χ3n) is 2.31. The highest BCUT2D eigenvalue weighted by Gasteiger charge is 2.14. The number of rotatable bonds is 3. The van der Waals surface area contributed by atoms with Gasteiger partial charge in [0.25, 0.3) is 0 Å². The van der Waals surface area contributed by atoms with Crippen LogP contribution in [0.2, 0.25) is 5.28 Å². The van der Waals surface area contributed by atoms with E-state index in [1.807, 2.05) is 22.8 Å². The molecule has 2 rings (SSSR count). The second-order valence-electron chi connectivity index (χ2n) is 3.57. The molecule has 0 atom stereocenters. The van der Waals surface area contributed by atoms with E-state index in [0.717, 1.165) is 33.3 Å². The number of aryl methyl sites for hydroxylation is 1. The van der Waals surface area contributed by atoms with Crippen molar-refractivity contribution >= 4 is 43.5 Å². The number of halogens is 3. The minimum atomic E-state index is 0.382. The summed E-state index contributed by atoms with van der Waals surface area (Å²) in [5.41, 5.74) is 0.942. The molecular formula is C11H10Br2ClN3. The molecule has 0 unspecified atom stereocenters. The van der Waals surface area contributed by atoms with Crippen molar-refractivity contribution in [1.82, 2.24) is 14.8 Å². The van der Waals surface area contributed by atoms with E-state index in [9.17, 15) is 0 Å². The quantitative estimate of drug-likeness (QED) is 0.791. The molecule has 1 aromatic heterocycles. The first-order valence-electron chi connectivity index (χ1n) is 5.18. The van der Waals surface area contributed by atoms with Crippen LogP contribution in [0.5, 0.6) is 0 Å². The van der Waals surface area contributed by atoms with Gasteiger partial charge in [0, 0.05) is 15.4 Å². The van der Waals surface area contributed by atoms with Crippen LogP contribution in [-0.4, -0.2) is 14.8 Å². The fraction of sp³-hybridized carbons (Fsp3) is 0.273. The molecule has 0 aliphatic carbocycles. The molecule has 0 amide bonds. The van der Waals surface area contributed by atoms with Gasteiger partial charge >= 0.3 is 0 Å². The fourth-order valence-corrected chi connectivity index (χ4v) is 2.58. The maximum Gasteiger partial charge on any atom is 0.229 e. The van der Waals surface area contributed by atoms with E-state index in [2.05, 4.69) is 49.0 Å². The van der Waals surface area contributed by atoms with Crippen molar-refractivity contribution in [2.75, 3.05) is 0 Å². The maximum absolute atomic E-state index is 6.09. The minimum Gasteiger partial charge on any atom is -0.269 e. The van der Waals surface area contributed by atoms with Crippen LogP contribution in [0.1, 0.15) is 19.2 Å². The highest BCUT2D eigenvalue weighted by Crippen LogP contribution is 2.28. The summed E-state index contributed by atoms with van der Waals surface area (Å²) in [4.78, 5) is 0. The van der Waals surface area contributed by atoms with Gasteiger partial charge in [-0.25, -0.2) is 0 Å². The Morgan fingerprint density at radius 3 is 2.76 bits per heavy atom. The predicted molar refractivity (Wildman–Crippen MR) is 75.8 cm³/mol. The van der Waals surface area contributed by atoms with Crippen molar-refractivity contribution < 1.29 is 0 Å². The Labute approximate surface area is 121 Å². The molecule has 17 heavy (non-hydrogen) atoms. The SMILES string of the molecule is CCCc1nnc(Cl)n1-c1cc(Br)ccc1Br. The van der Waals surface area contributed by atoms with Gasteiger partial charge in [0.2, 0.25) is 5.28 Å². The van der Waals surface area contributed by atoms with Gasteiger partial charge in [-0.2, -0.15) is 0 Å². The Morgan fingerprint density at radius 1 is 1.29 bits per heavy atom. The number of aromatic nitrogens is 3. The van der Waals surface area contributed by atoms with Gasteiger partial charge in [-0.3, -0.25) is 4.57 Å². The molecule has 0 radical (unpaired) electrons. The molecule has 0 saturated heterocycles. The van der Waals surface area contributed by atoms with E-state index in [1.165, 1.54) is 0 Å². The maximum atomic E-state index is 6.09. The zero-order chi connectivity index (χ0) is 12.4. The van der Waals surface area contributed by atoms with Crippen LogP contribution in [0.15, 0.2) is 27.1 Å². The highest BCUT2D eigenvalue weighted by molar-refractivity contribution is 9.11. The van der Waals surface area contributed by atoms with Crippen LogP contribution in [0, 0.1) is 0 Å². The van der Waals surface area contributed by atoms with Crippen LogP contribution in [0.4, 0.5) is 0 Å². The molecule has 0 fully saturated rings. The summed E-state index contributed by atoms with van der Waals surface area (Å²) in [6, 6.07) is 5.91. The first-order valence-corrected chi connectivity index (χ1v) is 7.15. The van der Waals surface area contributed by atoms with Gasteiger partial charge in [0.1, 0.15) is 5.82 Å². The van der Waals surface area contributed by atoms with Crippen LogP contribution in [0.3, 0.4) is 0 Å². The topological polar surface area (TPSA) is 30.7 Å². The van der Waals surface area contributed by atoms with Gasteiger partial charge in [0.05, 0.1) is 5.69 Å². The molecule has 0 aliphatic rings. The molecule has 1 heterocycles. The van der Waals surface area contributed by atoms with E-state index in [4.69, 9.17) is 11.6 Å². The summed E-state index contributed by atoms with van der Waals surface area (Å²) in [5.74, 6) is 0.872. The Morgan fingerprint density at radius 2 is 2.06 bits per heavy atom. The van der Waals surface area contributed by atoms with Crippen LogP contribution in [-0.2, 0) is 6.42 Å². The largest absolute Gasteiger partial charge is 0.269 e. The summed E-state index contributed by atoms with van der Waals surface area (Å²) in [6.07, 6.45) is 1.85. The average Bonchev–Trinajstić information content (AvgIpc) is 2.64. The molecule has 0 N–H and O–H groups in total. The number of benzene rings is 1. The molecule has 6 heteroatoms. The second kappa shape index (κ2) is 5.50. The molecule has 2 aromatic rings. The average molecular weight is 379 g/mol. The normalized spacial score (nSPS) is 10.8. The number of nitrogens with zero attached hydrogens (tertiary/aromatic N) is 3. The first-order chi connectivity index (χ1) is 8.13. The van der Waals surface area contributed by atoms with E-state index in [0.29, 0.717) is 5.28 Å². The van der Waals surface area contributed by atoms with E-state index < -0.39 is 0 Å². The molecular weight excluding hydrogens is 369 g/mol. The number of hydrogen-bond acceptors (Lipinski definition) is 2. The zero-order valence-corrected chi connectivity index (χ0v) is 13.0. The smallest absolute Gasteiger partial charge is 0.229 e. The van der Waals surface area contributed by atoms with Crippen LogP contribution < -0.4 is 0 Å². The third-order valence-corrected chi connectivity index (χ3v) is 3.72. The van der Waals surface area contributed by atoms with Gasteiger partial charge in [-0.15, -0.1) is 10.2 Å². The van der Waals surface area contributed by atoms with Crippen LogP contribution in [0.25, 0.3) is 5.69 Å². The Kier molecular flexibility index (Phi) is 4.22. The Balaban J connectivity index is 2.58. The van der Waals surface area contributed by atoms with Gasteiger partial charge in [0.15, 0.2) is 0 Å². The zero-order valence-electron chi connectivity index (χ0n) is 9.12. The summed E-state index contributed by atoms with van der Waals surface area (Å²) in [5, 5.41) is 8.40. The summed E-state index contributed by atoms with van der Waals surface area (Å²) in [7, 11) is 0. The predicted octanol–water partition coefficient (Wildman–Crippen LogP) is 4.40. The summed E-state index contributed by atoms with van der Waals surface area (Å²) in [6.45, 7) is 2.10. The van der Waals surface area contributed by atoms with Gasteiger partial charge in [-0.1, -0.05) is 22.9 Å². The summed E-state index contributed by atoms with van der Waals surface area (Å²) < 4.78 is 3.81. The molecule has 0 saturated carbocycles. The van der Waals surface area contributed by atoms with Crippen molar-refractivity contribution in [2.45, 2.75) is 19.8 Å². The van der Waals surface area contributed by atoms with Crippen molar-refractivity contribution in [3.63, 3.8) is 0 Å². The molecule has 0 aliphatic heterocycles. The molecule has 3 nitrogen and oxygen atoms in total. The molecule has 0 bridgehead atoms. The van der Waals surface area contributed by atoms with Gasteiger partial charge in [-0.05, 0) is 52.2 Å². The Bertz CT molecular complexity index is 540. The van der Waals surface area contributed by atoms with Gasteiger partial charge < -0.3 is 0 Å². The lowest BCUT2D eigenvalue weighted by molar-refractivity contribution is 0.801. The van der Waals surface area contributed by atoms with Crippen molar-refractivity contribution in [2.24, 2.45) is 0 Å². The molecule has 1 aromatic carbocycles. The van der Waals surface area contributed by atoms with E-state index >= 15 is 0 Å². The monoisotopic (exact) mass is 377 g/mol. The van der Waals surface area contributed by atoms with E-state index in [1.54, 1.807) is 0 Å². The summed E-state index contributed by atoms with van der Waals surface area (Å²) >= 11 is 13.1. The lowest BCUT2D eigenvalue weighted by Gasteiger charge is -2.09. The standard InChI is InChI=1S/C11H10Br2ClN3/c1-2-3-10-15-16-11(14)17(10)9-6-7(12)4-5-8(9)13/h4-6H,2-3H2,1H3. The third kappa shape index (κ3) is 2.72. The first kappa shape index (κ1) is 13.1. The lowest BCUT2D eigenvalue weighted by atomic mass is 10.3. The van der Waals surface area contributed by atoms with Crippen molar-refractivity contribution in [3.8, 4) is 5.69 Å². The van der Waals surface area contributed by atoms with E-state index in [-0.39, 0.29) is 0 Å². The second-order valence-corrected chi connectivity index (χ2v) is 5.67. The lowest BCUT2D eigenvalue weighted by Crippen LogP contribution is -2.02. The molecule has 0 spiro atoms. The van der Waals surface area contributed by atoms with Crippen molar-refractivity contribution in [3.05, 3.63) is 38.3 Å². The minimum absolute atomic E-state index is 0.382.